The van der Waals surface area contributed by atoms with E-state index in [-0.39, 0.29) is 5.78 Å². The van der Waals surface area contributed by atoms with E-state index in [0.717, 1.165) is 33.5 Å². The Morgan fingerprint density at radius 2 is 1.77 bits per heavy atom. The van der Waals surface area contributed by atoms with Crippen LogP contribution in [0.2, 0.25) is 0 Å². The summed E-state index contributed by atoms with van der Waals surface area (Å²) in [5, 5.41) is 5.24. The quantitative estimate of drug-likeness (QED) is 0.564. The predicted octanol–water partition coefficient (Wildman–Crippen LogP) is 4.07. The summed E-state index contributed by atoms with van der Waals surface area (Å²) in [6.07, 6.45) is 1.74. The highest BCUT2D eigenvalue weighted by Crippen LogP contribution is 2.30. The maximum atomic E-state index is 11.3. The number of carbonyl (C=O) groups excluding carboxylic acids is 1. The fourth-order valence-corrected chi connectivity index (χ4v) is 2.41. The summed E-state index contributed by atoms with van der Waals surface area (Å²) in [5.41, 5.74) is 9.53. The van der Waals surface area contributed by atoms with Crippen molar-refractivity contribution >= 4 is 33.7 Å². The summed E-state index contributed by atoms with van der Waals surface area (Å²) in [6, 6.07) is 13.3. The van der Waals surface area contributed by atoms with Crippen LogP contribution in [0.15, 0.2) is 48.7 Å². The highest BCUT2D eigenvalue weighted by molar-refractivity contribution is 6.01. The van der Waals surface area contributed by atoms with Crippen LogP contribution in [0.1, 0.15) is 22.8 Å². The molecule has 1 aromatic heterocycles. The van der Waals surface area contributed by atoms with Crippen LogP contribution < -0.4 is 11.1 Å². The number of carbonyl (C=O) groups is 1. The molecule has 0 unspecified atom stereocenters. The molecule has 0 atom stereocenters. The number of aryl methyl sites for hydroxylation is 1. The third kappa shape index (κ3) is 2.51. The minimum Gasteiger partial charge on any atom is -0.398 e. The van der Waals surface area contributed by atoms with Gasteiger partial charge in [0.2, 0.25) is 0 Å². The molecule has 0 saturated heterocycles. The SMILES string of the molecule is CC(=O)c1ccc(Nc2nccc3c(N)c(C)ccc23)cc1. The minimum absolute atomic E-state index is 0.0538. The normalized spacial score (nSPS) is 10.6. The molecule has 4 heteroatoms. The van der Waals surface area contributed by atoms with E-state index < -0.39 is 0 Å². The largest absolute Gasteiger partial charge is 0.398 e. The van der Waals surface area contributed by atoms with Crippen molar-refractivity contribution in [1.82, 2.24) is 4.98 Å². The molecule has 3 N–H and O–H groups in total. The molecule has 110 valence electrons. The van der Waals surface area contributed by atoms with E-state index >= 15 is 0 Å². The molecule has 0 saturated carbocycles. The maximum Gasteiger partial charge on any atom is 0.159 e. The number of rotatable bonds is 3. The van der Waals surface area contributed by atoms with Crippen molar-refractivity contribution < 1.29 is 4.79 Å². The molecule has 1 heterocycles. The van der Waals surface area contributed by atoms with Gasteiger partial charge >= 0.3 is 0 Å². The number of hydrogen-bond acceptors (Lipinski definition) is 4. The Kier molecular flexibility index (Phi) is 3.51. The van der Waals surface area contributed by atoms with Crippen LogP contribution in [0.25, 0.3) is 10.8 Å². The van der Waals surface area contributed by atoms with Gasteiger partial charge in [0, 0.05) is 33.9 Å². The number of nitrogens with two attached hydrogens (primary N) is 1. The summed E-state index contributed by atoms with van der Waals surface area (Å²) >= 11 is 0. The lowest BCUT2D eigenvalue weighted by molar-refractivity contribution is 0.101. The molecule has 4 nitrogen and oxygen atoms in total. The summed E-state index contributed by atoms with van der Waals surface area (Å²) in [6.45, 7) is 3.54. The zero-order valence-electron chi connectivity index (χ0n) is 12.6. The Morgan fingerprint density at radius 3 is 2.45 bits per heavy atom. The zero-order chi connectivity index (χ0) is 15.7. The average Bonchev–Trinajstić information content (AvgIpc) is 2.52. The van der Waals surface area contributed by atoms with E-state index in [9.17, 15) is 4.79 Å². The van der Waals surface area contributed by atoms with E-state index in [4.69, 9.17) is 5.73 Å². The maximum absolute atomic E-state index is 11.3. The van der Waals surface area contributed by atoms with Gasteiger partial charge in [-0.2, -0.15) is 0 Å². The third-order valence-electron chi connectivity index (χ3n) is 3.76. The predicted molar refractivity (Wildman–Crippen MR) is 90.6 cm³/mol. The van der Waals surface area contributed by atoms with Crippen molar-refractivity contribution in [2.45, 2.75) is 13.8 Å². The Balaban J connectivity index is 2.00. The third-order valence-corrected chi connectivity index (χ3v) is 3.76. The van der Waals surface area contributed by atoms with E-state index in [2.05, 4.69) is 10.3 Å². The standard InChI is InChI=1S/C18H17N3O/c1-11-3-8-16-15(17(11)19)9-10-20-18(16)21-14-6-4-13(5-7-14)12(2)22/h3-10H,19H2,1-2H3,(H,20,21). The van der Waals surface area contributed by atoms with Crippen LogP contribution in [-0.2, 0) is 0 Å². The Hall–Kier alpha value is -2.88. The summed E-state index contributed by atoms with van der Waals surface area (Å²) in [7, 11) is 0. The number of ketones is 1. The van der Waals surface area contributed by atoms with Crippen LogP contribution in [0.5, 0.6) is 0 Å². The van der Waals surface area contributed by atoms with Crippen molar-refractivity contribution in [3.8, 4) is 0 Å². The van der Waals surface area contributed by atoms with Gasteiger partial charge in [0.15, 0.2) is 5.78 Å². The van der Waals surface area contributed by atoms with Crippen LogP contribution >= 0.6 is 0 Å². The number of hydrogen-bond donors (Lipinski definition) is 2. The van der Waals surface area contributed by atoms with Crippen LogP contribution in [0.4, 0.5) is 17.2 Å². The number of anilines is 3. The average molecular weight is 291 g/mol. The second kappa shape index (κ2) is 5.48. The first-order chi connectivity index (χ1) is 10.6. The minimum atomic E-state index is 0.0538. The molecule has 0 aliphatic heterocycles. The number of benzene rings is 2. The molecule has 0 bridgehead atoms. The lowest BCUT2D eigenvalue weighted by atomic mass is 10.1. The highest BCUT2D eigenvalue weighted by Gasteiger charge is 2.07. The van der Waals surface area contributed by atoms with Crippen LogP contribution in [0, 0.1) is 6.92 Å². The molecule has 22 heavy (non-hydrogen) atoms. The number of nitrogens with one attached hydrogen (secondary N) is 1. The molecule has 2 aromatic carbocycles. The smallest absolute Gasteiger partial charge is 0.159 e. The Morgan fingerprint density at radius 1 is 1.05 bits per heavy atom. The van der Waals surface area contributed by atoms with Gasteiger partial charge in [0.25, 0.3) is 0 Å². The summed E-state index contributed by atoms with van der Waals surface area (Å²) < 4.78 is 0. The number of fused-ring (bicyclic) bond motifs is 1. The first kappa shape index (κ1) is 14.1. The number of nitrogens with zero attached hydrogens (tertiary/aromatic N) is 1. The van der Waals surface area contributed by atoms with Crippen molar-refractivity contribution in [1.29, 1.82) is 0 Å². The molecule has 0 amide bonds. The van der Waals surface area contributed by atoms with Gasteiger partial charge in [-0.05, 0) is 49.7 Å². The second-order valence-electron chi connectivity index (χ2n) is 5.31. The lowest BCUT2D eigenvalue weighted by Gasteiger charge is -2.11. The molecule has 3 aromatic rings. The van der Waals surface area contributed by atoms with Crippen molar-refractivity contribution in [2.75, 3.05) is 11.1 Å². The molecule has 3 rings (SSSR count). The zero-order valence-corrected chi connectivity index (χ0v) is 12.6. The Bertz CT molecular complexity index is 854. The number of nitrogen functional groups attached to an aromatic ring is 1. The topological polar surface area (TPSA) is 68.0 Å². The van der Waals surface area contributed by atoms with Gasteiger partial charge in [-0.15, -0.1) is 0 Å². The first-order valence-electron chi connectivity index (χ1n) is 7.08. The van der Waals surface area contributed by atoms with Gasteiger partial charge in [0.05, 0.1) is 0 Å². The van der Waals surface area contributed by atoms with Gasteiger partial charge in [-0.1, -0.05) is 12.1 Å². The summed E-state index contributed by atoms with van der Waals surface area (Å²) in [5.74, 6) is 0.804. The highest BCUT2D eigenvalue weighted by atomic mass is 16.1. The molecule has 0 aliphatic carbocycles. The lowest BCUT2D eigenvalue weighted by Crippen LogP contribution is -1.98. The van der Waals surface area contributed by atoms with Gasteiger partial charge in [-0.25, -0.2) is 4.98 Å². The fourth-order valence-electron chi connectivity index (χ4n) is 2.41. The van der Waals surface area contributed by atoms with Crippen LogP contribution in [-0.4, -0.2) is 10.8 Å². The number of aromatic nitrogens is 1. The van der Waals surface area contributed by atoms with Gasteiger partial charge in [0.1, 0.15) is 5.82 Å². The molecule has 0 radical (unpaired) electrons. The van der Waals surface area contributed by atoms with E-state index in [1.54, 1.807) is 25.3 Å². The molecule has 0 aliphatic rings. The molecule has 0 fully saturated rings. The monoisotopic (exact) mass is 291 g/mol. The summed E-state index contributed by atoms with van der Waals surface area (Å²) in [4.78, 5) is 15.7. The van der Waals surface area contributed by atoms with Gasteiger partial charge < -0.3 is 11.1 Å². The first-order valence-corrected chi connectivity index (χ1v) is 7.08. The van der Waals surface area contributed by atoms with Crippen molar-refractivity contribution in [3.63, 3.8) is 0 Å². The molecule has 0 spiro atoms. The van der Waals surface area contributed by atoms with E-state index in [1.165, 1.54) is 0 Å². The fraction of sp³-hybridized carbons (Fsp3) is 0.111. The van der Waals surface area contributed by atoms with E-state index in [0.29, 0.717) is 5.56 Å². The van der Waals surface area contributed by atoms with Crippen LogP contribution in [0.3, 0.4) is 0 Å². The number of Topliss-reactive ketones (excluding diaryl/α,β-unsaturated/α-hetero) is 1. The number of pyridine rings is 1. The Labute approximate surface area is 129 Å². The van der Waals surface area contributed by atoms with Gasteiger partial charge in [-0.3, -0.25) is 4.79 Å². The van der Waals surface area contributed by atoms with E-state index in [1.807, 2.05) is 37.3 Å². The molecular formula is C18H17N3O. The van der Waals surface area contributed by atoms with Crippen molar-refractivity contribution in [3.05, 3.63) is 59.8 Å². The molecular weight excluding hydrogens is 274 g/mol. The van der Waals surface area contributed by atoms with Crippen molar-refractivity contribution in [2.24, 2.45) is 0 Å². The second-order valence-corrected chi connectivity index (χ2v) is 5.31.